The van der Waals surface area contributed by atoms with E-state index in [1.54, 1.807) is 24.1 Å². The zero-order chi connectivity index (χ0) is 28.3. The first-order valence-corrected chi connectivity index (χ1v) is 14.8. The number of alkyl halides is 3. The molecule has 2 aliphatic rings. The average Bonchev–Trinajstić information content (AvgIpc) is 2.91. The van der Waals surface area contributed by atoms with Crippen molar-refractivity contribution in [3.63, 3.8) is 0 Å². The first-order valence-electron chi connectivity index (χ1n) is 14.4. The molecule has 0 aromatic heterocycles. The van der Waals surface area contributed by atoms with Crippen LogP contribution < -0.4 is 10.6 Å². The lowest BCUT2D eigenvalue weighted by molar-refractivity contribution is -0.124. The van der Waals surface area contributed by atoms with Crippen LogP contribution in [0.4, 0.5) is 18.0 Å². The zero-order valence-electron chi connectivity index (χ0n) is 23.1. The van der Waals surface area contributed by atoms with Crippen LogP contribution in [0.2, 0.25) is 5.02 Å². The number of urea groups is 1. The predicted octanol–water partition coefficient (Wildman–Crippen LogP) is 6.26. The molecule has 1 saturated carbocycles. The monoisotopic (exact) mass is 575 g/mol. The van der Waals surface area contributed by atoms with Gasteiger partial charge in [0.15, 0.2) is 0 Å². The van der Waals surface area contributed by atoms with Gasteiger partial charge in [0.05, 0.1) is 12.1 Å². The molecule has 1 aromatic carbocycles. The van der Waals surface area contributed by atoms with Crippen molar-refractivity contribution in [3.8, 4) is 0 Å². The van der Waals surface area contributed by atoms with Crippen molar-refractivity contribution in [2.24, 2.45) is 11.8 Å². The van der Waals surface area contributed by atoms with Crippen LogP contribution in [0.25, 0.3) is 0 Å². The van der Waals surface area contributed by atoms with Crippen LogP contribution in [0.15, 0.2) is 24.3 Å². The molecule has 10 heteroatoms. The summed E-state index contributed by atoms with van der Waals surface area (Å²) in [6, 6.07) is 6.62. The Morgan fingerprint density at radius 1 is 1.18 bits per heavy atom. The third-order valence-corrected chi connectivity index (χ3v) is 8.49. The van der Waals surface area contributed by atoms with E-state index in [1.807, 2.05) is 12.1 Å². The van der Waals surface area contributed by atoms with Gasteiger partial charge in [-0.15, -0.1) is 0 Å². The fourth-order valence-corrected chi connectivity index (χ4v) is 6.40. The van der Waals surface area contributed by atoms with Crippen molar-refractivity contribution >= 4 is 17.6 Å². The topological polar surface area (TPSA) is 73.8 Å². The van der Waals surface area contributed by atoms with Gasteiger partial charge in [0.25, 0.3) is 0 Å². The molecule has 1 aromatic rings. The van der Waals surface area contributed by atoms with E-state index in [9.17, 15) is 23.1 Å². The molecule has 6 nitrogen and oxygen atoms in total. The number of halogens is 4. The Labute approximate surface area is 236 Å². The first kappa shape index (κ1) is 32.0. The maximum atomic E-state index is 13.4. The van der Waals surface area contributed by atoms with Crippen LogP contribution >= 0.6 is 11.6 Å². The maximum absolute atomic E-state index is 13.4. The summed E-state index contributed by atoms with van der Waals surface area (Å²) in [6.07, 6.45) is 5.49. The van der Waals surface area contributed by atoms with Gasteiger partial charge < -0.3 is 25.4 Å². The Morgan fingerprint density at radius 2 is 1.95 bits per heavy atom. The molecule has 2 amide bonds. The largest absolute Gasteiger partial charge is 0.401 e. The van der Waals surface area contributed by atoms with Gasteiger partial charge in [-0.05, 0) is 62.1 Å². The minimum absolute atomic E-state index is 0.0744. The molecule has 0 spiro atoms. The highest BCUT2D eigenvalue weighted by Gasteiger charge is 2.41. The summed E-state index contributed by atoms with van der Waals surface area (Å²) < 4.78 is 43.5. The second kappa shape index (κ2) is 15.5. The van der Waals surface area contributed by atoms with Gasteiger partial charge in [-0.25, -0.2) is 4.79 Å². The number of likely N-dealkylation sites (tertiary alicyclic amines) is 1. The van der Waals surface area contributed by atoms with Gasteiger partial charge in [-0.3, -0.25) is 0 Å². The number of aliphatic hydroxyl groups is 1. The standard InChI is InChI=1S/C29H45ClF3N3O3/c1-39-16-6-5-14-28(38,23-11-7-13-25(30)18-23)24-12-8-15-36(20-24)27(37)35-26(19-34-21-29(31,32)33)17-22-9-3-2-4-10-22/h7,11,13,18,22,24,26,34,38H,2-6,8-10,12,14-17,19-21H2,1H3,(H,35,37)/t24-,26+,28-/m1/s1. The molecule has 39 heavy (non-hydrogen) atoms. The number of benzene rings is 1. The summed E-state index contributed by atoms with van der Waals surface area (Å²) in [5.74, 6) is 0.212. The quantitative estimate of drug-likeness (QED) is 0.243. The zero-order valence-corrected chi connectivity index (χ0v) is 23.8. The summed E-state index contributed by atoms with van der Waals surface area (Å²) in [4.78, 5) is 15.1. The van der Waals surface area contributed by atoms with E-state index in [-0.39, 0.29) is 24.5 Å². The number of rotatable bonds is 13. The molecule has 3 atom stereocenters. The molecule has 3 rings (SSSR count). The van der Waals surface area contributed by atoms with Crippen LogP contribution in [0.1, 0.15) is 76.2 Å². The Kier molecular flexibility index (Phi) is 12.7. The molecule has 0 unspecified atom stereocenters. The molecule has 1 aliphatic heterocycles. The Morgan fingerprint density at radius 3 is 2.64 bits per heavy atom. The highest BCUT2D eigenvalue weighted by molar-refractivity contribution is 6.30. The van der Waals surface area contributed by atoms with Gasteiger partial charge in [-0.1, -0.05) is 55.8 Å². The van der Waals surface area contributed by atoms with Crippen LogP contribution in [0.3, 0.4) is 0 Å². The number of amides is 2. The minimum atomic E-state index is -4.30. The number of nitrogens with zero attached hydrogens (tertiary/aromatic N) is 1. The first-order chi connectivity index (χ1) is 18.6. The third kappa shape index (κ3) is 10.4. The number of hydrogen-bond donors (Lipinski definition) is 3. The SMILES string of the molecule is COCCCC[C@@](O)(c1cccc(Cl)c1)[C@@H]1CCCN(C(=O)N[C@H](CNCC(F)(F)F)CC2CCCCC2)C1. The van der Waals surface area contributed by atoms with E-state index in [0.717, 1.165) is 56.9 Å². The van der Waals surface area contributed by atoms with E-state index in [4.69, 9.17) is 16.3 Å². The van der Waals surface area contributed by atoms with Crippen LogP contribution in [-0.2, 0) is 10.3 Å². The highest BCUT2D eigenvalue weighted by atomic mass is 35.5. The summed E-state index contributed by atoms with van der Waals surface area (Å²) in [5, 5.41) is 18.1. The van der Waals surface area contributed by atoms with Crippen LogP contribution in [0.5, 0.6) is 0 Å². The molecule has 2 fully saturated rings. The van der Waals surface area contributed by atoms with Crippen molar-refractivity contribution in [2.45, 2.75) is 88.4 Å². The molecule has 1 heterocycles. The van der Waals surface area contributed by atoms with Gasteiger partial charge in [-0.2, -0.15) is 13.2 Å². The summed E-state index contributed by atoms with van der Waals surface area (Å²) in [7, 11) is 1.65. The Bertz CT molecular complexity index is 885. The minimum Gasteiger partial charge on any atom is -0.385 e. The number of methoxy groups -OCH3 is 1. The lowest BCUT2D eigenvalue weighted by Gasteiger charge is -2.43. The van der Waals surface area contributed by atoms with Crippen molar-refractivity contribution in [2.75, 3.05) is 39.9 Å². The molecular formula is C29H45ClF3N3O3. The number of carbonyl (C=O) groups excluding carboxylic acids is 1. The van der Waals surface area contributed by atoms with E-state index in [2.05, 4.69) is 10.6 Å². The van der Waals surface area contributed by atoms with Gasteiger partial charge >= 0.3 is 12.2 Å². The van der Waals surface area contributed by atoms with E-state index in [0.29, 0.717) is 43.5 Å². The number of piperidine rings is 1. The van der Waals surface area contributed by atoms with E-state index >= 15 is 0 Å². The smallest absolute Gasteiger partial charge is 0.385 e. The van der Waals surface area contributed by atoms with Crippen LogP contribution in [-0.4, -0.2) is 68.2 Å². The highest BCUT2D eigenvalue weighted by Crippen LogP contribution is 2.40. The normalized spacial score (nSPS) is 21.4. The Balaban J connectivity index is 1.69. The molecule has 0 radical (unpaired) electrons. The molecule has 3 N–H and O–H groups in total. The summed E-state index contributed by atoms with van der Waals surface area (Å²) in [6.45, 7) is 0.515. The molecule has 222 valence electrons. The summed E-state index contributed by atoms with van der Waals surface area (Å²) >= 11 is 6.28. The molecular weight excluding hydrogens is 531 g/mol. The number of carbonyl (C=O) groups is 1. The number of nitrogens with one attached hydrogen (secondary N) is 2. The molecule has 1 aliphatic carbocycles. The van der Waals surface area contributed by atoms with E-state index in [1.165, 1.54) is 6.42 Å². The predicted molar refractivity (Wildman–Crippen MR) is 148 cm³/mol. The molecule has 1 saturated heterocycles. The third-order valence-electron chi connectivity index (χ3n) is 8.25. The van der Waals surface area contributed by atoms with Crippen molar-refractivity contribution in [3.05, 3.63) is 34.9 Å². The number of ether oxygens (including phenoxy) is 1. The maximum Gasteiger partial charge on any atom is 0.401 e. The number of unbranched alkanes of at least 4 members (excludes halogenated alkanes) is 1. The van der Waals surface area contributed by atoms with Gasteiger partial charge in [0.1, 0.15) is 0 Å². The lowest BCUT2D eigenvalue weighted by atomic mass is 9.74. The second-order valence-electron chi connectivity index (χ2n) is 11.3. The summed E-state index contributed by atoms with van der Waals surface area (Å²) in [5.41, 5.74) is -0.418. The van der Waals surface area contributed by atoms with Crippen LogP contribution in [0, 0.1) is 11.8 Å². The van der Waals surface area contributed by atoms with Crippen molar-refractivity contribution in [1.82, 2.24) is 15.5 Å². The average molecular weight is 576 g/mol. The lowest BCUT2D eigenvalue weighted by Crippen LogP contribution is -2.54. The van der Waals surface area contributed by atoms with Crippen molar-refractivity contribution in [1.29, 1.82) is 0 Å². The fraction of sp³-hybridized carbons (Fsp3) is 0.759. The number of hydrogen-bond acceptors (Lipinski definition) is 4. The van der Waals surface area contributed by atoms with E-state index < -0.39 is 18.3 Å². The van der Waals surface area contributed by atoms with Crippen molar-refractivity contribution < 1.29 is 27.8 Å². The fourth-order valence-electron chi connectivity index (χ4n) is 6.21. The van der Waals surface area contributed by atoms with Gasteiger partial charge in [0, 0.05) is 50.3 Å². The van der Waals surface area contributed by atoms with Gasteiger partial charge in [0.2, 0.25) is 0 Å². The second-order valence-corrected chi connectivity index (χ2v) is 11.7. The Hall–Kier alpha value is -1.55. The molecule has 0 bridgehead atoms.